The Morgan fingerprint density at radius 2 is 0.800 bits per heavy atom. The first-order chi connectivity index (χ1) is 27.2. The van der Waals surface area contributed by atoms with Gasteiger partial charge in [-0.15, -0.1) is 0 Å². The highest BCUT2D eigenvalue weighted by molar-refractivity contribution is 6.30. The van der Waals surface area contributed by atoms with Crippen molar-refractivity contribution in [2.24, 2.45) is 0 Å². The van der Waals surface area contributed by atoms with Gasteiger partial charge in [0.1, 0.15) is 0 Å². The number of hydrogen-bond donors (Lipinski definition) is 0. The Balaban J connectivity index is 1.05. The molecule has 4 heteroatoms. The molecular formula is C51H30N4. The molecule has 0 unspecified atom stereocenters. The van der Waals surface area contributed by atoms with Gasteiger partial charge < -0.3 is 4.57 Å². The number of fused-ring (bicyclic) bond motifs is 5. The van der Waals surface area contributed by atoms with Gasteiger partial charge in [-0.25, -0.2) is 15.0 Å². The van der Waals surface area contributed by atoms with E-state index in [1.807, 2.05) is 30.3 Å². The smallest absolute Gasteiger partial charge is 0.164 e. The van der Waals surface area contributed by atoms with E-state index in [2.05, 4.69) is 156 Å². The Bertz CT molecular complexity index is 3360. The largest absolute Gasteiger partial charge is 0.309 e. The summed E-state index contributed by atoms with van der Waals surface area (Å²) in [5.41, 5.74) is 11.4. The van der Waals surface area contributed by atoms with Crippen LogP contribution in [-0.2, 0) is 0 Å². The van der Waals surface area contributed by atoms with Crippen molar-refractivity contribution in [3.63, 3.8) is 0 Å². The van der Waals surface area contributed by atoms with Crippen LogP contribution in [0.5, 0.6) is 0 Å². The first-order valence-electron chi connectivity index (χ1n) is 18.7. The van der Waals surface area contributed by atoms with E-state index in [0.717, 1.165) is 27.8 Å². The number of rotatable bonds is 4. The maximum atomic E-state index is 5.08. The second-order valence-electron chi connectivity index (χ2n) is 14.4. The fourth-order valence-electron chi connectivity index (χ4n) is 8.78. The summed E-state index contributed by atoms with van der Waals surface area (Å²) in [7, 11) is 0. The first-order valence-corrected chi connectivity index (χ1v) is 18.7. The third kappa shape index (κ3) is 4.55. The fraction of sp³-hybridized carbons (Fsp3) is 0. The average Bonchev–Trinajstić information content (AvgIpc) is 3.54. The monoisotopic (exact) mass is 698 g/mol. The van der Waals surface area contributed by atoms with E-state index in [1.54, 1.807) is 0 Å². The third-order valence-corrected chi connectivity index (χ3v) is 11.3. The zero-order valence-corrected chi connectivity index (χ0v) is 29.6. The van der Waals surface area contributed by atoms with Crippen LogP contribution in [-0.4, -0.2) is 19.5 Å². The molecule has 9 aromatic carbocycles. The number of benzene rings is 9. The second-order valence-corrected chi connectivity index (χ2v) is 14.4. The molecule has 0 N–H and O–H groups in total. The summed E-state index contributed by atoms with van der Waals surface area (Å²) in [4.78, 5) is 15.1. The van der Waals surface area contributed by atoms with Crippen LogP contribution < -0.4 is 0 Å². The maximum Gasteiger partial charge on any atom is 0.164 e. The average molecular weight is 699 g/mol. The number of nitrogens with zero attached hydrogens (tertiary/aromatic N) is 4. The molecule has 0 spiro atoms. The molecule has 11 aromatic rings. The summed E-state index contributed by atoms with van der Waals surface area (Å²) in [6.07, 6.45) is 0. The fourth-order valence-corrected chi connectivity index (χ4v) is 8.78. The van der Waals surface area contributed by atoms with Gasteiger partial charge in [0.05, 0.1) is 11.0 Å². The Kier molecular flexibility index (Phi) is 6.31. The minimum absolute atomic E-state index is 0.641. The molecule has 2 heterocycles. The molecule has 0 bridgehead atoms. The summed E-state index contributed by atoms with van der Waals surface area (Å²) >= 11 is 0. The number of aromatic nitrogens is 4. The lowest BCUT2D eigenvalue weighted by molar-refractivity contribution is 1.07. The summed E-state index contributed by atoms with van der Waals surface area (Å²) in [6, 6.07) is 65.1. The molecule has 0 amide bonds. The van der Waals surface area contributed by atoms with Crippen molar-refractivity contribution in [3.05, 3.63) is 182 Å². The maximum absolute atomic E-state index is 5.08. The predicted molar refractivity (Wildman–Crippen MR) is 227 cm³/mol. The topological polar surface area (TPSA) is 43.6 Å². The van der Waals surface area contributed by atoms with Crippen molar-refractivity contribution in [1.29, 1.82) is 0 Å². The summed E-state index contributed by atoms with van der Waals surface area (Å²) in [6.45, 7) is 0. The lowest BCUT2D eigenvalue weighted by Gasteiger charge is -2.15. The normalized spacial score (nSPS) is 12.0. The van der Waals surface area contributed by atoms with E-state index in [0.29, 0.717) is 17.5 Å². The van der Waals surface area contributed by atoms with Crippen molar-refractivity contribution >= 4 is 54.1 Å². The zero-order valence-electron chi connectivity index (χ0n) is 29.6. The first kappa shape index (κ1) is 30.1. The van der Waals surface area contributed by atoms with Crippen LogP contribution in [0.25, 0.3) is 116 Å². The van der Waals surface area contributed by atoms with Gasteiger partial charge in [-0.2, -0.15) is 0 Å². The molecule has 12 rings (SSSR count). The molecule has 254 valence electrons. The lowest BCUT2D eigenvalue weighted by Crippen LogP contribution is -2.00. The van der Waals surface area contributed by atoms with Crippen molar-refractivity contribution in [2.75, 3.05) is 0 Å². The number of hydrogen-bond acceptors (Lipinski definition) is 3. The summed E-state index contributed by atoms with van der Waals surface area (Å²) in [5.74, 6) is 1.94. The van der Waals surface area contributed by atoms with Crippen LogP contribution in [0.15, 0.2) is 182 Å². The molecule has 0 atom stereocenters. The van der Waals surface area contributed by atoms with E-state index in [-0.39, 0.29) is 0 Å². The van der Waals surface area contributed by atoms with Gasteiger partial charge in [-0.05, 0) is 109 Å². The van der Waals surface area contributed by atoms with Gasteiger partial charge in [-0.3, -0.25) is 0 Å². The van der Waals surface area contributed by atoms with E-state index in [4.69, 9.17) is 15.0 Å². The molecule has 0 aliphatic heterocycles. The van der Waals surface area contributed by atoms with Crippen LogP contribution in [0.3, 0.4) is 0 Å². The Morgan fingerprint density at radius 1 is 0.291 bits per heavy atom. The highest BCUT2D eigenvalue weighted by Crippen LogP contribution is 2.50. The van der Waals surface area contributed by atoms with Gasteiger partial charge >= 0.3 is 0 Å². The summed E-state index contributed by atoms with van der Waals surface area (Å²) < 4.78 is 2.42. The minimum atomic E-state index is 0.641. The molecular weight excluding hydrogens is 669 g/mol. The standard InChI is InChI=1S/C51H30N4/c1-2-11-33(12-3-1)49-52-50(54-51(53-49)38-21-20-31-10-4-5-13-35(31)28-38)34-22-25-39(26-23-34)55-44-19-9-18-41-43-30-37-15-7-6-14-36(37)29-42(43)40-17-8-16-32-24-27-45(55)48(46(32)40)47(41)44/h1-30H. The summed E-state index contributed by atoms with van der Waals surface area (Å²) in [5, 5.41) is 9.99. The van der Waals surface area contributed by atoms with Crippen molar-refractivity contribution < 1.29 is 0 Å². The third-order valence-electron chi connectivity index (χ3n) is 11.3. The van der Waals surface area contributed by atoms with Gasteiger partial charge in [0.15, 0.2) is 17.5 Å². The van der Waals surface area contributed by atoms with Crippen LogP contribution in [0.4, 0.5) is 0 Å². The zero-order chi connectivity index (χ0) is 36.0. The van der Waals surface area contributed by atoms with Crippen LogP contribution in [0.1, 0.15) is 0 Å². The molecule has 4 nitrogen and oxygen atoms in total. The van der Waals surface area contributed by atoms with Crippen molar-refractivity contribution in [3.8, 4) is 62.1 Å². The molecule has 2 aromatic heterocycles. The molecule has 55 heavy (non-hydrogen) atoms. The van der Waals surface area contributed by atoms with E-state index in [9.17, 15) is 0 Å². The van der Waals surface area contributed by atoms with Crippen molar-refractivity contribution in [2.45, 2.75) is 0 Å². The SMILES string of the molecule is c1ccc(-c2nc(-c3ccc(-n4c5cccc6c5c5c7c(cccc7ccc54)-c4cc5ccccc5cc4-6)cc3)nc(-c3ccc4ccccc4c3)n2)cc1. The Morgan fingerprint density at radius 3 is 1.51 bits per heavy atom. The minimum Gasteiger partial charge on any atom is -0.309 e. The highest BCUT2D eigenvalue weighted by atomic mass is 15.0. The van der Waals surface area contributed by atoms with E-state index < -0.39 is 0 Å². The molecule has 0 saturated heterocycles. The lowest BCUT2D eigenvalue weighted by atomic mass is 9.91. The van der Waals surface area contributed by atoms with Crippen molar-refractivity contribution in [1.82, 2.24) is 19.5 Å². The predicted octanol–water partition coefficient (Wildman–Crippen LogP) is 13.1. The highest BCUT2D eigenvalue weighted by Gasteiger charge is 2.25. The molecule has 1 aliphatic carbocycles. The quantitative estimate of drug-likeness (QED) is 0.184. The Labute approximate surface area is 316 Å². The van der Waals surface area contributed by atoms with Gasteiger partial charge in [-0.1, -0.05) is 127 Å². The molecule has 1 aliphatic rings. The van der Waals surface area contributed by atoms with Crippen LogP contribution >= 0.6 is 0 Å². The van der Waals surface area contributed by atoms with Gasteiger partial charge in [0.2, 0.25) is 0 Å². The van der Waals surface area contributed by atoms with E-state index in [1.165, 1.54) is 71.0 Å². The Hall–Kier alpha value is -7.43. The molecule has 0 saturated carbocycles. The van der Waals surface area contributed by atoms with Gasteiger partial charge in [0.25, 0.3) is 0 Å². The van der Waals surface area contributed by atoms with Gasteiger partial charge in [0, 0.05) is 33.2 Å². The van der Waals surface area contributed by atoms with Crippen LogP contribution in [0.2, 0.25) is 0 Å². The molecule has 0 fully saturated rings. The second kappa shape index (κ2) is 11.5. The van der Waals surface area contributed by atoms with Crippen LogP contribution in [0, 0.1) is 0 Å². The molecule has 0 radical (unpaired) electrons. The van der Waals surface area contributed by atoms with E-state index >= 15 is 0 Å².